The van der Waals surface area contributed by atoms with Crippen LogP contribution in [0.5, 0.6) is 0 Å². The van der Waals surface area contributed by atoms with Gasteiger partial charge < -0.3 is 15.1 Å². The maximum atomic E-state index is 8.42. The van der Waals surface area contributed by atoms with Gasteiger partial charge >= 0.3 is 45.1 Å². The van der Waals surface area contributed by atoms with Gasteiger partial charge in [0.1, 0.15) is 0 Å². The SMILES string of the molecule is [Li+].[O-]B([O-])[O-].[Zr+4]. The van der Waals surface area contributed by atoms with E-state index in [9.17, 15) is 0 Å². The largest absolute Gasteiger partial charge is 4.00 e. The molecule has 0 aliphatic carbocycles. The summed E-state index contributed by atoms with van der Waals surface area (Å²) in [4.78, 5) is 0. The molecule has 0 unspecified atom stereocenters. The van der Waals surface area contributed by atoms with E-state index >= 15 is 0 Å². The molecule has 0 aliphatic heterocycles. The summed E-state index contributed by atoms with van der Waals surface area (Å²) >= 11 is 0. The first-order valence-corrected chi connectivity index (χ1v) is 0.707. The summed E-state index contributed by atoms with van der Waals surface area (Å²) in [5.41, 5.74) is 0. The minimum absolute atomic E-state index is 0. The molecule has 0 aliphatic rings. The molecule has 0 aromatic carbocycles. The molecule has 0 saturated carbocycles. The average molecular weight is 157 g/mol. The Kier molecular flexibility index (Phi) is 25.2. The first kappa shape index (κ1) is 15.7. The van der Waals surface area contributed by atoms with E-state index in [1.807, 2.05) is 0 Å². The topological polar surface area (TPSA) is 69.2 Å². The second-order valence-electron chi connectivity index (χ2n) is 0.289. The van der Waals surface area contributed by atoms with Crippen molar-refractivity contribution < 1.29 is 60.1 Å². The Bertz CT molecular complexity index is 15.5. The fourth-order valence-corrected chi connectivity index (χ4v) is 0. The summed E-state index contributed by atoms with van der Waals surface area (Å²) in [6.45, 7) is 0. The van der Waals surface area contributed by atoms with E-state index in [0.29, 0.717) is 0 Å². The van der Waals surface area contributed by atoms with Gasteiger partial charge in [-0.05, 0) is 0 Å². The molecule has 0 radical (unpaired) electrons. The van der Waals surface area contributed by atoms with Crippen molar-refractivity contribution in [2.45, 2.75) is 0 Å². The Morgan fingerprint density at radius 2 is 1.00 bits per heavy atom. The van der Waals surface area contributed by atoms with Crippen LogP contribution in [0.3, 0.4) is 0 Å². The van der Waals surface area contributed by atoms with Crippen molar-refractivity contribution in [3.8, 4) is 0 Å². The molecule has 0 bridgehead atoms. The van der Waals surface area contributed by atoms with Crippen molar-refractivity contribution in [2.75, 3.05) is 0 Å². The van der Waals surface area contributed by atoms with Gasteiger partial charge in [0, 0.05) is 0 Å². The van der Waals surface area contributed by atoms with Crippen molar-refractivity contribution in [3.63, 3.8) is 0 Å². The normalized spacial score (nSPS) is 4.50. The minimum atomic E-state index is -2.92. The molecule has 0 aromatic rings. The van der Waals surface area contributed by atoms with Crippen molar-refractivity contribution in [1.29, 1.82) is 0 Å². The van der Waals surface area contributed by atoms with Gasteiger partial charge in [-0.1, -0.05) is 0 Å². The maximum Gasteiger partial charge on any atom is 4.00 e. The van der Waals surface area contributed by atoms with Gasteiger partial charge in [0.2, 0.25) is 0 Å². The summed E-state index contributed by atoms with van der Waals surface area (Å²) in [6.07, 6.45) is 0. The van der Waals surface area contributed by atoms with Gasteiger partial charge in [-0.25, -0.2) is 0 Å². The number of rotatable bonds is 0. The molecule has 6 heteroatoms. The zero-order chi connectivity index (χ0) is 3.58. The third kappa shape index (κ3) is 52.3. The van der Waals surface area contributed by atoms with Crippen LogP contribution < -0.4 is 33.9 Å². The predicted molar refractivity (Wildman–Crippen MR) is 5.75 cm³/mol. The molecule has 0 atom stereocenters. The quantitative estimate of drug-likeness (QED) is 0.328. The zero-order valence-electron chi connectivity index (χ0n) is 3.30. The summed E-state index contributed by atoms with van der Waals surface area (Å²) in [5.74, 6) is 0. The standard InChI is InChI=1S/BO3.Li.Zr/c2-1(3)4;;/q-3;+1;+4. The molecule has 6 heavy (non-hydrogen) atoms. The predicted octanol–water partition coefficient (Wildman–Crippen LogP) is -6.95. The van der Waals surface area contributed by atoms with Crippen LogP contribution in [0.25, 0.3) is 0 Å². The molecular formula is BLiO3Zr+2. The van der Waals surface area contributed by atoms with Crippen LogP contribution in [-0.2, 0) is 26.2 Å². The smallest absolute Gasteiger partial charge is 0.907 e. The summed E-state index contributed by atoms with van der Waals surface area (Å²) in [7, 11) is -2.92. The molecule has 0 fully saturated rings. The monoisotopic (exact) mass is 156 g/mol. The number of hydrogen-bond donors (Lipinski definition) is 0. The van der Waals surface area contributed by atoms with Crippen LogP contribution in [-0.4, -0.2) is 7.32 Å². The fourth-order valence-electron chi connectivity index (χ4n) is 0. The number of hydrogen-bond acceptors (Lipinski definition) is 3. The van der Waals surface area contributed by atoms with Gasteiger partial charge in [0.15, 0.2) is 0 Å². The summed E-state index contributed by atoms with van der Waals surface area (Å²) in [6, 6.07) is 0. The van der Waals surface area contributed by atoms with Gasteiger partial charge in [-0.3, -0.25) is 7.32 Å². The van der Waals surface area contributed by atoms with Crippen LogP contribution in [0.1, 0.15) is 0 Å². The van der Waals surface area contributed by atoms with Gasteiger partial charge in [-0.2, -0.15) is 0 Å². The Balaban J connectivity index is -0.0000000450. The van der Waals surface area contributed by atoms with Crippen LogP contribution in [0.4, 0.5) is 0 Å². The van der Waals surface area contributed by atoms with E-state index in [1.165, 1.54) is 0 Å². The van der Waals surface area contributed by atoms with E-state index in [4.69, 9.17) is 15.1 Å². The van der Waals surface area contributed by atoms with Crippen molar-refractivity contribution >= 4 is 7.32 Å². The van der Waals surface area contributed by atoms with Crippen LogP contribution in [0, 0.1) is 0 Å². The average Bonchev–Trinajstić information content (AvgIpc) is 0.811. The molecule has 3 nitrogen and oxygen atoms in total. The van der Waals surface area contributed by atoms with E-state index in [2.05, 4.69) is 0 Å². The van der Waals surface area contributed by atoms with Crippen molar-refractivity contribution in [1.82, 2.24) is 0 Å². The molecule has 0 rings (SSSR count). The van der Waals surface area contributed by atoms with E-state index in [-0.39, 0.29) is 45.1 Å². The first-order chi connectivity index (χ1) is 1.73. The van der Waals surface area contributed by atoms with Crippen LogP contribution in [0.15, 0.2) is 0 Å². The molecule has 0 aromatic heterocycles. The van der Waals surface area contributed by atoms with Gasteiger partial charge in [-0.15, -0.1) is 0 Å². The minimum Gasteiger partial charge on any atom is -0.907 e. The third-order valence-corrected chi connectivity index (χ3v) is 0. The van der Waals surface area contributed by atoms with Gasteiger partial charge in [0.05, 0.1) is 0 Å². The maximum absolute atomic E-state index is 8.42. The Morgan fingerprint density at radius 3 is 1.00 bits per heavy atom. The first-order valence-electron chi connectivity index (χ1n) is 0.707. The molecule has 0 amide bonds. The van der Waals surface area contributed by atoms with Crippen molar-refractivity contribution in [2.24, 2.45) is 0 Å². The Labute approximate surface area is 67.2 Å². The van der Waals surface area contributed by atoms with E-state index < -0.39 is 7.32 Å². The summed E-state index contributed by atoms with van der Waals surface area (Å²) < 4.78 is 0. The summed E-state index contributed by atoms with van der Waals surface area (Å²) in [5, 5.41) is 25.2. The molecular weight excluding hydrogens is 157 g/mol. The van der Waals surface area contributed by atoms with Crippen LogP contribution in [0.2, 0.25) is 0 Å². The molecule has 0 saturated heterocycles. The van der Waals surface area contributed by atoms with E-state index in [1.54, 1.807) is 0 Å². The molecule has 0 N–H and O–H groups in total. The molecule has 0 heterocycles. The second kappa shape index (κ2) is 9.66. The third-order valence-electron chi connectivity index (χ3n) is 0. The zero-order valence-corrected chi connectivity index (χ0v) is 5.76. The van der Waals surface area contributed by atoms with Crippen LogP contribution >= 0.6 is 0 Å². The molecule has 0 spiro atoms. The Hall–Kier alpha value is 1.43. The molecule has 24 valence electrons. The van der Waals surface area contributed by atoms with Crippen molar-refractivity contribution in [3.05, 3.63) is 0 Å². The Morgan fingerprint density at radius 1 is 1.00 bits per heavy atom. The fraction of sp³-hybridized carbons (Fsp3) is 0. The van der Waals surface area contributed by atoms with Gasteiger partial charge in [0.25, 0.3) is 0 Å². The van der Waals surface area contributed by atoms with E-state index in [0.717, 1.165) is 0 Å². The second-order valence-corrected chi connectivity index (χ2v) is 0.289.